The number of aromatic nitrogens is 1. The van der Waals surface area contributed by atoms with Gasteiger partial charge in [0.2, 0.25) is 9.84 Å². The van der Waals surface area contributed by atoms with Crippen LogP contribution in [0.5, 0.6) is 5.75 Å². The first-order chi connectivity index (χ1) is 15.5. The lowest BCUT2D eigenvalue weighted by Crippen LogP contribution is -2.12. The lowest BCUT2D eigenvalue weighted by atomic mass is 10.1. The first-order valence-electron chi connectivity index (χ1n) is 10.5. The van der Waals surface area contributed by atoms with Crippen molar-refractivity contribution in [3.63, 3.8) is 0 Å². The summed E-state index contributed by atoms with van der Waals surface area (Å²) in [6.07, 6.45) is 4.20. The van der Waals surface area contributed by atoms with E-state index in [0.29, 0.717) is 23.1 Å². The largest absolute Gasteiger partial charge is 0.378 e. The Morgan fingerprint density at radius 1 is 0.848 bits per heavy atom. The summed E-state index contributed by atoms with van der Waals surface area (Å²) in [5.41, 5.74) is 3.10. The van der Waals surface area contributed by atoms with E-state index in [1.54, 1.807) is 42.5 Å². The SMILES string of the molecule is CCc1cn2ccccc2c1S(=O)(=O)c1cc(C)c(OS(=O)(=O)c2ccc(C)cc2)c(C)c1. The third-order valence-electron chi connectivity index (χ3n) is 5.61. The van der Waals surface area contributed by atoms with Gasteiger partial charge in [-0.15, -0.1) is 0 Å². The fourth-order valence-corrected chi connectivity index (χ4v) is 6.83. The molecular formula is C25H25NO5S2. The Labute approximate surface area is 194 Å². The molecule has 0 aliphatic carbocycles. The van der Waals surface area contributed by atoms with E-state index in [4.69, 9.17) is 4.18 Å². The number of pyridine rings is 1. The Bertz CT molecular complexity index is 1540. The molecule has 0 atom stereocenters. The maximum Gasteiger partial charge on any atom is 0.339 e. The number of benzene rings is 2. The molecule has 0 fully saturated rings. The second kappa shape index (κ2) is 8.35. The van der Waals surface area contributed by atoms with E-state index >= 15 is 0 Å². The van der Waals surface area contributed by atoms with Crippen LogP contribution in [-0.2, 0) is 26.4 Å². The number of nitrogens with zero attached hydrogens (tertiary/aromatic N) is 1. The third kappa shape index (κ3) is 4.16. The molecule has 8 heteroatoms. The first-order valence-corrected chi connectivity index (χ1v) is 13.4. The molecule has 6 nitrogen and oxygen atoms in total. The van der Waals surface area contributed by atoms with Crippen LogP contribution >= 0.6 is 0 Å². The molecule has 0 radical (unpaired) electrons. The van der Waals surface area contributed by atoms with Crippen LogP contribution in [0.1, 0.15) is 29.2 Å². The first kappa shape index (κ1) is 23.1. The van der Waals surface area contributed by atoms with Gasteiger partial charge in [0.1, 0.15) is 15.5 Å². The number of hydrogen-bond donors (Lipinski definition) is 0. The summed E-state index contributed by atoms with van der Waals surface area (Å²) < 4.78 is 60.1. The van der Waals surface area contributed by atoms with Crippen LogP contribution in [0.15, 0.2) is 81.7 Å². The monoisotopic (exact) mass is 483 g/mol. The van der Waals surface area contributed by atoms with Gasteiger partial charge in [0, 0.05) is 12.4 Å². The van der Waals surface area contributed by atoms with Gasteiger partial charge < -0.3 is 8.58 Å². The van der Waals surface area contributed by atoms with Gasteiger partial charge in [-0.3, -0.25) is 0 Å². The normalized spacial score (nSPS) is 12.2. The fourth-order valence-electron chi connectivity index (χ4n) is 3.89. The zero-order chi connectivity index (χ0) is 24.0. The molecule has 2 aromatic heterocycles. The Kier molecular flexibility index (Phi) is 5.84. The van der Waals surface area contributed by atoms with Crippen LogP contribution in [0.3, 0.4) is 0 Å². The van der Waals surface area contributed by atoms with Gasteiger partial charge in [0.05, 0.1) is 10.4 Å². The lowest BCUT2D eigenvalue weighted by molar-refractivity contribution is 0.482. The Morgan fingerprint density at radius 3 is 2.09 bits per heavy atom. The smallest absolute Gasteiger partial charge is 0.339 e. The van der Waals surface area contributed by atoms with Gasteiger partial charge in [-0.05, 0) is 80.3 Å². The molecule has 0 aliphatic heterocycles. The molecule has 0 bridgehead atoms. The summed E-state index contributed by atoms with van der Waals surface area (Å²) in [6, 6.07) is 14.7. The van der Waals surface area contributed by atoms with Crippen LogP contribution in [-0.4, -0.2) is 21.2 Å². The van der Waals surface area contributed by atoms with Gasteiger partial charge >= 0.3 is 10.1 Å². The molecule has 2 heterocycles. The van der Waals surface area contributed by atoms with Crippen molar-refractivity contribution in [2.75, 3.05) is 0 Å². The van der Waals surface area contributed by atoms with Crippen LogP contribution in [0.2, 0.25) is 0 Å². The van der Waals surface area contributed by atoms with Gasteiger partial charge in [0.25, 0.3) is 0 Å². The Morgan fingerprint density at radius 2 is 1.48 bits per heavy atom. The van der Waals surface area contributed by atoms with E-state index in [2.05, 4.69) is 0 Å². The average Bonchev–Trinajstić information content (AvgIpc) is 3.16. The predicted octanol–water partition coefficient (Wildman–Crippen LogP) is 5.03. The highest BCUT2D eigenvalue weighted by molar-refractivity contribution is 7.91. The highest BCUT2D eigenvalue weighted by Crippen LogP contribution is 2.35. The molecular weight excluding hydrogens is 458 g/mol. The zero-order valence-corrected chi connectivity index (χ0v) is 20.5. The molecule has 2 aromatic carbocycles. The van der Waals surface area contributed by atoms with Crippen molar-refractivity contribution in [1.82, 2.24) is 4.40 Å². The van der Waals surface area contributed by atoms with Crippen molar-refractivity contribution >= 4 is 25.5 Å². The summed E-state index contributed by atoms with van der Waals surface area (Å²) in [4.78, 5) is 0.408. The standard InChI is InChI=1S/C25H25NO5S2/c1-5-20-16-26-13-7-6-8-23(26)25(20)32(27,28)22-14-18(3)24(19(4)15-22)31-33(29,30)21-11-9-17(2)10-12-21/h6-16H,5H2,1-4H3. The van der Waals surface area contributed by atoms with Crippen LogP contribution in [0.4, 0.5) is 0 Å². The zero-order valence-electron chi connectivity index (χ0n) is 18.9. The number of hydrogen-bond acceptors (Lipinski definition) is 5. The van der Waals surface area contributed by atoms with E-state index in [1.165, 1.54) is 24.3 Å². The summed E-state index contributed by atoms with van der Waals surface area (Å²) in [7, 11) is -7.91. The molecule has 0 unspecified atom stereocenters. The maximum absolute atomic E-state index is 13.7. The van der Waals surface area contributed by atoms with Crippen LogP contribution in [0.25, 0.3) is 5.52 Å². The molecule has 0 N–H and O–H groups in total. The second-order valence-electron chi connectivity index (χ2n) is 8.07. The summed E-state index contributed by atoms with van der Waals surface area (Å²) in [5.74, 6) is 0.131. The number of fused-ring (bicyclic) bond motifs is 1. The van der Waals surface area contributed by atoms with E-state index in [0.717, 1.165) is 11.1 Å². The Hall–Kier alpha value is -3.10. The molecule has 4 aromatic rings. The molecule has 0 amide bonds. The average molecular weight is 484 g/mol. The van der Waals surface area contributed by atoms with Gasteiger partial charge in [-0.25, -0.2) is 8.42 Å². The minimum atomic E-state index is -4.06. The van der Waals surface area contributed by atoms with E-state index < -0.39 is 20.0 Å². The van der Waals surface area contributed by atoms with E-state index in [1.807, 2.05) is 32.3 Å². The lowest BCUT2D eigenvalue weighted by Gasteiger charge is -2.15. The second-order valence-corrected chi connectivity index (χ2v) is 11.5. The summed E-state index contributed by atoms with van der Waals surface area (Å²) in [6.45, 7) is 7.06. The summed E-state index contributed by atoms with van der Waals surface area (Å²) in [5, 5.41) is 0. The highest BCUT2D eigenvalue weighted by Gasteiger charge is 2.27. The molecule has 0 aliphatic rings. The van der Waals surface area contributed by atoms with Crippen molar-refractivity contribution in [3.05, 3.63) is 89.2 Å². The van der Waals surface area contributed by atoms with Crippen LogP contribution < -0.4 is 4.18 Å². The van der Waals surface area contributed by atoms with Crippen molar-refractivity contribution in [1.29, 1.82) is 0 Å². The van der Waals surface area contributed by atoms with Gasteiger partial charge in [0.15, 0.2) is 0 Å². The van der Waals surface area contributed by atoms with Crippen molar-refractivity contribution in [2.24, 2.45) is 0 Å². The van der Waals surface area contributed by atoms with E-state index in [-0.39, 0.29) is 20.4 Å². The minimum Gasteiger partial charge on any atom is -0.378 e. The van der Waals surface area contributed by atoms with Gasteiger partial charge in [-0.2, -0.15) is 8.42 Å². The Balaban J connectivity index is 1.79. The van der Waals surface area contributed by atoms with Crippen molar-refractivity contribution < 1.29 is 21.0 Å². The number of sulfone groups is 1. The topological polar surface area (TPSA) is 81.9 Å². The van der Waals surface area contributed by atoms with Crippen LogP contribution in [0, 0.1) is 20.8 Å². The molecule has 0 saturated heterocycles. The molecule has 172 valence electrons. The quantitative estimate of drug-likeness (QED) is 0.359. The summed E-state index contributed by atoms with van der Waals surface area (Å²) >= 11 is 0. The number of aryl methyl sites for hydroxylation is 4. The maximum atomic E-state index is 13.7. The predicted molar refractivity (Wildman–Crippen MR) is 127 cm³/mol. The van der Waals surface area contributed by atoms with Gasteiger partial charge in [-0.1, -0.05) is 30.7 Å². The molecule has 0 spiro atoms. The number of rotatable bonds is 6. The van der Waals surface area contributed by atoms with Crippen molar-refractivity contribution in [3.8, 4) is 5.75 Å². The van der Waals surface area contributed by atoms with Crippen molar-refractivity contribution in [2.45, 2.75) is 48.8 Å². The molecule has 0 saturated carbocycles. The fraction of sp³-hybridized carbons (Fsp3) is 0.200. The highest BCUT2D eigenvalue weighted by atomic mass is 32.2. The van der Waals surface area contributed by atoms with E-state index in [9.17, 15) is 16.8 Å². The minimum absolute atomic E-state index is 0.0384. The third-order valence-corrected chi connectivity index (χ3v) is 8.71. The molecule has 33 heavy (non-hydrogen) atoms. The molecule has 4 rings (SSSR count).